The summed E-state index contributed by atoms with van der Waals surface area (Å²) in [7, 11) is 0. The van der Waals surface area contributed by atoms with Gasteiger partial charge in [0.25, 0.3) is 0 Å². The highest BCUT2D eigenvalue weighted by Crippen LogP contribution is 2.35. The van der Waals surface area contributed by atoms with Gasteiger partial charge in [0.15, 0.2) is 0 Å². The summed E-state index contributed by atoms with van der Waals surface area (Å²) < 4.78 is 17.5. The monoisotopic (exact) mass is 209 g/mol. The lowest BCUT2D eigenvalue weighted by molar-refractivity contribution is 0.287. The SMILES string of the molecule is NC1CCc2c(OCCCF)cccc21. The Kier molecular flexibility index (Phi) is 3.21. The number of hydrogen-bond donors (Lipinski definition) is 1. The van der Waals surface area contributed by atoms with Crippen molar-refractivity contribution in [3.63, 3.8) is 0 Å². The molecule has 2 rings (SSSR count). The zero-order valence-corrected chi connectivity index (χ0v) is 8.71. The van der Waals surface area contributed by atoms with Crippen molar-refractivity contribution in [2.45, 2.75) is 25.3 Å². The zero-order chi connectivity index (χ0) is 10.7. The second kappa shape index (κ2) is 4.62. The van der Waals surface area contributed by atoms with Crippen LogP contribution in [0.15, 0.2) is 18.2 Å². The maximum atomic E-state index is 11.9. The van der Waals surface area contributed by atoms with Gasteiger partial charge in [0, 0.05) is 12.5 Å². The minimum absolute atomic E-state index is 0.143. The van der Waals surface area contributed by atoms with Crippen molar-refractivity contribution in [3.05, 3.63) is 29.3 Å². The van der Waals surface area contributed by atoms with Crippen LogP contribution in [0.2, 0.25) is 0 Å². The minimum atomic E-state index is -0.325. The predicted octanol–water partition coefficient (Wildman–Crippen LogP) is 2.37. The number of nitrogens with two attached hydrogens (primary N) is 1. The van der Waals surface area contributed by atoms with Crippen LogP contribution >= 0.6 is 0 Å². The maximum absolute atomic E-state index is 11.9. The number of rotatable bonds is 4. The summed E-state index contributed by atoms with van der Waals surface area (Å²) in [6.07, 6.45) is 2.41. The van der Waals surface area contributed by atoms with Crippen LogP contribution < -0.4 is 10.5 Å². The van der Waals surface area contributed by atoms with Crippen molar-refractivity contribution in [2.75, 3.05) is 13.3 Å². The van der Waals surface area contributed by atoms with Gasteiger partial charge in [-0.05, 0) is 30.0 Å². The molecular formula is C12H16FNO. The van der Waals surface area contributed by atoms with Crippen LogP contribution in [0, 0.1) is 0 Å². The van der Waals surface area contributed by atoms with E-state index in [1.54, 1.807) is 0 Å². The molecule has 82 valence electrons. The highest BCUT2D eigenvalue weighted by atomic mass is 19.1. The van der Waals surface area contributed by atoms with E-state index in [0.29, 0.717) is 13.0 Å². The number of ether oxygens (including phenoxy) is 1. The minimum Gasteiger partial charge on any atom is -0.493 e. The summed E-state index contributed by atoms with van der Waals surface area (Å²) in [5.74, 6) is 0.883. The molecule has 0 spiro atoms. The third kappa shape index (κ3) is 2.12. The fourth-order valence-electron chi connectivity index (χ4n) is 2.02. The molecule has 0 aromatic heterocycles. The van der Waals surface area contributed by atoms with Gasteiger partial charge in [-0.1, -0.05) is 12.1 Å². The Balaban J connectivity index is 2.12. The smallest absolute Gasteiger partial charge is 0.122 e. The lowest BCUT2D eigenvalue weighted by atomic mass is 10.1. The molecule has 1 unspecified atom stereocenters. The van der Waals surface area contributed by atoms with Crippen LogP contribution in [0.25, 0.3) is 0 Å². The van der Waals surface area contributed by atoms with Crippen LogP contribution in [-0.2, 0) is 6.42 Å². The third-order valence-electron chi connectivity index (χ3n) is 2.81. The fourth-order valence-corrected chi connectivity index (χ4v) is 2.02. The van der Waals surface area contributed by atoms with E-state index < -0.39 is 0 Å². The molecule has 0 radical (unpaired) electrons. The molecular weight excluding hydrogens is 193 g/mol. The molecule has 0 heterocycles. The van der Waals surface area contributed by atoms with E-state index >= 15 is 0 Å². The largest absolute Gasteiger partial charge is 0.493 e. The van der Waals surface area contributed by atoms with Gasteiger partial charge in [-0.3, -0.25) is 4.39 Å². The molecule has 1 aromatic rings. The molecule has 0 saturated carbocycles. The summed E-state index contributed by atoms with van der Waals surface area (Å²) in [6, 6.07) is 6.09. The number of fused-ring (bicyclic) bond motifs is 1. The summed E-state index contributed by atoms with van der Waals surface area (Å²) in [4.78, 5) is 0. The van der Waals surface area contributed by atoms with Gasteiger partial charge in [0.1, 0.15) is 5.75 Å². The Labute approximate surface area is 89.2 Å². The predicted molar refractivity (Wildman–Crippen MR) is 57.8 cm³/mol. The first-order chi connectivity index (χ1) is 7.33. The van der Waals surface area contributed by atoms with E-state index in [0.717, 1.165) is 18.6 Å². The molecule has 3 heteroatoms. The quantitative estimate of drug-likeness (QED) is 0.773. The molecule has 0 saturated heterocycles. The van der Waals surface area contributed by atoms with Crippen molar-refractivity contribution in [2.24, 2.45) is 5.73 Å². The van der Waals surface area contributed by atoms with Crippen molar-refractivity contribution >= 4 is 0 Å². The topological polar surface area (TPSA) is 35.2 Å². The van der Waals surface area contributed by atoms with Crippen LogP contribution in [0.4, 0.5) is 4.39 Å². The molecule has 1 aliphatic carbocycles. The maximum Gasteiger partial charge on any atom is 0.122 e. The molecule has 1 aromatic carbocycles. The normalized spacial score (nSPS) is 18.9. The summed E-state index contributed by atoms with van der Waals surface area (Å²) in [6.45, 7) is 0.122. The van der Waals surface area contributed by atoms with Crippen LogP contribution in [-0.4, -0.2) is 13.3 Å². The summed E-state index contributed by atoms with van der Waals surface area (Å²) >= 11 is 0. The van der Waals surface area contributed by atoms with E-state index in [1.165, 1.54) is 11.1 Å². The van der Waals surface area contributed by atoms with Gasteiger partial charge < -0.3 is 10.5 Å². The van der Waals surface area contributed by atoms with Crippen molar-refractivity contribution in [3.8, 4) is 5.75 Å². The van der Waals surface area contributed by atoms with Gasteiger partial charge in [-0.15, -0.1) is 0 Å². The average molecular weight is 209 g/mol. The van der Waals surface area contributed by atoms with Gasteiger partial charge in [-0.2, -0.15) is 0 Å². The van der Waals surface area contributed by atoms with E-state index in [2.05, 4.69) is 6.07 Å². The van der Waals surface area contributed by atoms with E-state index in [4.69, 9.17) is 10.5 Å². The first-order valence-electron chi connectivity index (χ1n) is 5.39. The Morgan fingerprint density at radius 2 is 2.33 bits per heavy atom. The lowest BCUT2D eigenvalue weighted by Gasteiger charge is -2.10. The molecule has 1 atom stereocenters. The van der Waals surface area contributed by atoms with Crippen LogP contribution in [0.1, 0.15) is 30.0 Å². The number of alkyl halides is 1. The Hall–Kier alpha value is -1.09. The molecule has 2 nitrogen and oxygen atoms in total. The molecule has 0 aliphatic heterocycles. The summed E-state index contributed by atoms with van der Waals surface area (Å²) in [5, 5.41) is 0. The second-order valence-corrected chi connectivity index (χ2v) is 3.86. The highest BCUT2D eigenvalue weighted by Gasteiger charge is 2.21. The summed E-state index contributed by atoms with van der Waals surface area (Å²) in [5.41, 5.74) is 8.35. The van der Waals surface area contributed by atoms with Gasteiger partial charge in [-0.25, -0.2) is 0 Å². The average Bonchev–Trinajstić information content (AvgIpc) is 2.62. The Morgan fingerprint density at radius 3 is 3.13 bits per heavy atom. The second-order valence-electron chi connectivity index (χ2n) is 3.86. The van der Waals surface area contributed by atoms with Gasteiger partial charge in [0.05, 0.1) is 13.3 Å². The first kappa shape index (κ1) is 10.4. The van der Waals surface area contributed by atoms with Gasteiger partial charge in [0.2, 0.25) is 0 Å². The van der Waals surface area contributed by atoms with Crippen molar-refractivity contribution in [1.29, 1.82) is 0 Å². The molecule has 1 aliphatic rings. The molecule has 0 amide bonds. The number of halogens is 1. The molecule has 0 bridgehead atoms. The fraction of sp³-hybridized carbons (Fsp3) is 0.500. The highest BCUT2D eigenvalue weighted by molar-refractivity contribution is 5.44. The van der Waals surface area contributed by atoms with Crippen molar-refractivity contribution in [1.82, 2.24) is 0 Å². The Bertz CT molecular complexity index is 340. The van der Waals surface area contributed by atoms with E-state index in [9.17, 15) is 4.39 Å². The van der Waals surface area contributed by atoms with Crippen LogP contribution in [0.5, 0.6) is 5.75 Å². The first-order valence-corrected chi connectivity index (χ1v) is 5.39. The van der Waals surface area contributed by atoms with Crippen LogP contribution in [0.3, 0.4) is 0 Å². The molecule has 0 fully saturated rings. The molecule has 15 heavy (non-hydrogen) atoms. The van der Waals surface area contributed by atoms with E-state index in [1.807, 2.05) is 12.1 Å². The molecule has 2 N–H and O–H groups in total. The lowest BCUT2D eigenvalue weighted by Crippen LogP contribution is -2.05. The zero-order valence-electron chi connectivity index (χ0n) is 8.71. The van der Waals surface area contributed by atoms with Gasteiger partial charge >= 0.3 is 0 Å². The number of hydrogen-bond acceptors (Lipinski definition) is 2. The van der Waals surface area contributed by atoms with Crippen molar-refractivity contribution < 1.29 is 9.13 Å². The third-order valence-corrected chi connectivity index (χ3v) is 2.81. The Morgan fingerprint density at radius 1 is 1.47 bits per heavy atom. The standard InChI is InChI=1S/C12H16FNO/c13-7-2-8-15-12-4-1-3-9-10(12)5-6-11(9)14/h1,3-4,11H,2,5-8,14H2. The van der Waals surface area contributed by atoms with E-state index in [-0.39, 0.29) is 12.7 Å². The number of benzene rings is 1.